The van der Waals surface area contributed by atoms with Gasteiger partial charge in [-0.3, -0.25) is 4.79 Å². The first-order chi connectivity index (χ1) is 13.5. The highest BCUT2D eigenvalue weighted by molar-refractivity contribution is 5.89. The Kier molecular flexibility index (Phi) is 6.47. The quantitative estimate of drug-likeness (QED) is 0.770. The topological polar surface area (TPSA) is 75.6 Å². The van der Waals surface area contributed by atoms with Crippen molar-refractivity contribution in [1.29, 1.82) is 0 Å². The lowest BCUT2D eigenvalue weighted by molar-refractivity contribution is -0.121. The van der Waals surface area contributed by atoms with Crippen LogP contribution in [0.1, 0.15) is 46.3 Å². The molecule has 148 valence electrons. The Morgan fingerprint density at radius 2 is 1.75 bits per heavy atom. The van der Waals surface area contributed by atoms with E-state index in [1.807, 2.05) is 12.1 Å². The number of amides is 1. The maximum atomic E-state index is 12.5. The summed E-state index contributed by atoms with van der Waals surface area (Å²) >= 11 is 0. The molecule has 2 aromatic rings. The van der Waals surface area contributed by atoms with Gasteiger partial charge in [0.1, 0.15) is 0 Å². The zero-order valence-electron chi connectivity index (χ0n) is 16.2. The predicted molar refractivity (Wildman–Crippen MR) is 108 cm³/mol. The molecule has 0 unspecified atom stereocenters. The summed E-state index contributed by atoms with van der Waals surface area (Å²) in [6.45, 7) is 4.06. The van der Waals surface area contributed by atoms with E-state index in [1.165, 1.54) is 11.1 Å². The number of carbonyl (C=O) groups is 2. The molecule has 1 amide bonds. The van der Waals surface area contributed by atoms with E-state index < -0.39 is 5.97 Å². The molecule has 0 aromatic heterocycles. The highest BCUT2D eigenvalue weighted by Crippen LogP contribution is 2.36. The second-order valence-electron chi connectivity index (χ2n) is 7.45. The summed E-state index contributed by atoms with van der Waals surface area (Å²) in [6, 6.07) is 15.2. The molecule has 2 aromatic carbocycles. The molecular weight excluding hydrogens is 354 g/mol. The summed E-state index contributed by atoms with van der Waals surface area (Å²) in [5.74, 6) is -1.02. The molecular formula is C23H27NO4. The van der Waals surface area contributed by atoms with Gasteiger partial charge in [-0.2, -0.15) is 0 Å². The van der Waals surface area contributed by atoms with Gasteiger partial charge < -0.3 is 15.2 Å². The van der Waals surface area contributed by atoms with Crippen molar-refractivity contribution in [2.75, 3.05) is 19.8 Å². The molecule has 1 aliphatic heterocycles. The van der Waals surface area contributed by atoms with Crippen molar-refractivity contribution in [3.63, 3.8) is 0 Å². The molecule has 1 fully saturated rings. The number of carbonyl (C=O) groups excluding carboxylic acids is 1. The number of benzene rings is 2. The fraction of sp³-hybridized carbons (Fsp3) is 0.391. The van der Waals surface area contributed by atoms with Crippen LogP contribution >= 0.6 is 0 Å². The number of aromatic carboxylic acids is 1. The fourth-order valence-corrected chi connectivity index (χ4v) is 4.02. The molecule has 5 nitrogen and oxygen atoms in total. The first-order valence-corrected chi connectivity index (χ1v) is 9.74. The number of hydrogen-bond acceptors (Lipinski definition) is 3. The van der Waals surface area contributed by atoms with Gasteiger partial charge in [0, 0.05) is 31.6 Å². The highest BCUT2D eigenvalue weighted by Gasteiger charge is 2.35. The normalized spacial score (nSPS) is 15.8. The first-order valence-electron chi connectivity index (χ1n) is 9.74. The molecule has 0 saturated carbocycles. The van der Waals surface area contributed by atoms with Gasteiger partial charge in [0.25, 0.3) is 0 Å². The molecule has 0 atom stereocenters. The van der Waals surface area contributed by atoms with Crippen LogP contribution in [0.2, 0.25) is 0 Å². The largest absolute Gasteiger partial charge is 0.478 e. The number of carboxylic acid groups (broad SMARTS) is 1. The average Bonchev–Trinajstić information content (AvgIpc) is 2.72. The third-order valence-corrected chi connectivity index (χ3v) is 5.66. The summed E-state index contributed by atoms with van der Waals surface area (Å²) in [4.78, 5) is 23.8. The number of aryl methyl sites for hydroxylation is 2. The SMILES string of the molecule is Cc1ccccc1C1(CNC(=O)CCc2ccccc2C(=O)O)CCOCC1. The van der Waals surface area contributed by atoms with E-state index in [2.05, 4.69) is 24.4 Å². The van der Waals surface area contributed by atoms with Crippen LogP contribution in [0.4, 0.5) is 0 Å². The smallest absolute Gasteiger partial charge is 0.335 e. The van der Waals surface area contributed by atoms with E-state index in [1.54, 1.807) is 24.3 Å². The van der Waals surface area contributed by atoms with Crippen LogP contribution < -0.4 is 5.32 Å². The maximum Gasteiger partial charge on any atom is 0.335 e. The van der Waals surface area contributed by atoms with Gasteiger partial charge >= 0.3 is 5.97 Å². The molecule has 3 rings (SSSR count). The maximum absolute atomic E-state index is 12.5. The van der Waals surface area contributed by atoms with Gasteiger partial charge in [-0.05, 0) is 48.9 Å². The molecule has 2 N–H and O–H groups in total. The minimum atomic E-state index is -0.961. The Balaban J connectivity index is 1.65. The monoisotopic (exact) mass is 381 g/mol. The van der Waals surface area contributed by atoms with E-state index in [0.717, 1.165) is 12.8 Å². The van der Waals surface area contributed by atoms with Crippen LogP contribution in [0, 0.1) is 6.92 Å². The Morgan fingerprint density at radius 3 is 2.46 bits per heavy atom. The number of ether oxygens (including phenoxy) is 1. The van der Waals surface area contributed by atoms with Gasteiger partial charge in [-0.25, -0.2) is 4.79 Å². The summed E-state index contributed by atoms with van der Waals surface area (Å²) in [6.07, 6.45) is 2.43. The summed E-state index contributed by atoms with van der Waals surface area (Å²) < 4.78 is 5.57. The van der Waals surface area contributed by atoms with E-state index in [4.69, 9.17) is 4.74 Å². The first kappa shape index (κ1) is 20.1. The second-order valence-corrected chi connectivity index (χ2v) is 7.45. The van der Waals surface area contributed by atoms with Crippen molar-refractivity contribution in [3.8, 4) is 0 Å². The zero-order chi connectivity index (χ0) is 20.0. The fourth-order valence-electron chi connectivity index (χ4n) is 4.02. The molecule has 0 radical (unpaired) electrons. The molecule has 0 bridgehead atoms. The summed E-state index contributed by atoms with van der Waals surface area (Å²) in [5.41, 5.74) is 3.34. The minimum Gasteiger partial charge on any atom is -0.478 e. The lowest BCUT2D eigenvalue weighted by Crippen LogP contribution is -2.45. The van der Waals surface area contributed by atoms with Crippen LogP contribution in [0.25, 0.3) is 0 Å². The van der Waals surface area contributed by atoms with E-state index in [9.17, 15) is 14.7 Å². The van der Waals surface area contributed by atoms with Crippen LogP contribution in [-0.2, 0) is 21.4 Å². The number of carboxylic acids is 1. The molecule has 28 heavy (non-hydrogen) atoms. The molecule has 0 spiro atoms. The standard InChI is InChI=1S/C23H27NO4/c1-17-6-2-5-9-20(17)23(12-14-28-15-13-23)16-24-21(25)11-10-18-7-3-4-8-19(18)22(26)27/h2-9H,10-16H2,1H3,(H,24,25)(H,26,27). The summed E-state index contributed by atoms with van der Waals surface area (Å²) in [5, 5.41) is 12.4. The van der Waals surface area contributed by atoms with Crippen molar-refractivity contribution in [3.05, 3.63) is 70.8 Å². The van der Waals surface area contributed by atoms with Crippen molar-refractivity contribution in [2.45, 2.75) is 38.0 Å². The number of rotatable bonds is 7. The van der Waals surface area contributed by atoms with Gasteiger partial charge in [-0.15, -0.1) is 0 Å². The Hall–Kier alpha value is -2.66. The van der Waals surface area contributed by atoms with Crippen molar-refractivity contribution in [1.82, 2.24) is 5.32 Å². The van der Waals surface area contributed by atoms with Crippen LogP contribution in [0.3, 0.4) is 0 Å². The van der Waals surface area contributed by atoms with Crippen LogP contribution in [0.15, 0.2) is 48.5 Å². The molecule has 1 aliphatic rings. The number of hydrogen-bond donors (Lipinski definition) is 2. The van der Waals surface area contributed by atoms with Crippen LogP contribution in [-0.4, -0.2) is 36.7 Å². The third-order valence-electron chi connectivity index (χ3n) is 5.66. The molecule has 5 heteroatoms. The minimum absolute atomic E-state index is 0.0559. The van der Waals surface area contributed by atoms with Crippen molar-refractivity contribution >= 4 is 11.9 Å². The lowest BCUT2D eigenvalue weighted by atomic mass is 9.72. The number of nitrogens with one attached hydrogen (secondary N) is 1. The lowest BCUT2D eigenvalue weighted by Gasteiger charge is -2.39. The highest BCUT2D eigenvalue weighted by atomic mass is 16.5. The second kappa shape index (κ2) is 9.02. The third kappa shape index (κ3) is 4.60. The Labute approximate surface area is 165 Å². The van der Waals surface area contributed by atoms with Crippen molar-refractivity contribution in [2.24, 2.45) is 0 Å². The molecule has 1 heterocycles. The average molecular weight is 381 g/mol. The Morgan fingerprint density at radius 1 is 1.07 bits per heavy atom. The predicted octanol–water partition coefficient (Wildman–Crippen LogP) is 3.49. The van der Waals surface area contributed by atoms with Crippen molar-refractivity contribution < 1.29 is 19.4 Å². The van der Waals surface area contributed by atoms with E-state index in [-0.39, 0.29) is 23.3 Å². The van der Waals surface area contributed by atoms with E-state index in [0.29, 0.717) is 31.7 Å². The molecule has 0 aliphatic carbocycles. The van der Waals surface area contributed by atoms with E-state index >= 15 is 0 Å². The summed E-state index contributed by atoms with van der Waals surface area (Å²) in [7, 11) is 0. The molecule has 1 saturated heterocycles. The van der Waals surface area contributed by atoms with Crippen LogP contribution in [0.5, 0.6) is 0 Å². The van der Waals surface area contributed by atoms with Gasteiger partial charge in [0.15, 0.2) is 0 Å². The van der Waals surface area contributed by atoms with Gasteiger partial charge in [0.05, 0.1) is 5.56 Å². The Bertz CT molecular complexity index is 840. The zero-order valence-corrected chi connectivity index (χ0v) is 16.2. The van der Waals surface area contributed by atoms with Gasteiger partial charge in [-0.1, -0.05) is 42.5 Å². The van der Waals surface area contributed by atoms with Gasteiger partial charge in [0.2, 0.25) is 5.91 Å².